The molecule has 0 aliphatic carbocycles. The van der Waals surface area contributed by atoms with Crippen molar-refractivity contribution in [2.24, 2.45) is 0 Å². The van der Waals surface area contributed by atoms with Crippen molar-refractivity contribution in [3.05, 3.63) is 28.8 Å². The van der Waals surface area contributed by atoms with Crippen LogP contribution in [0.1, 0.15) is 23.6 Å². The van der Waals surface area contributed by atoms with Gasteiger partial charge in [0.2, 0.25) is 10.0 Å². The molecule has 1 rings (SSSR count). The van der Waals surface area contributed by atoms with Gasteiger partial charge in [0.15, 0.2) is 0 Å². The summed E-state index contributed by atoms with van der Waals surface area (Å²) in [5.41, 5.74) is 2.23. The predicted molar refractivity (Wildman–Crippen MR) is 80.0 cm³/mol. The van der Waals surface area contributed by atoms with Crippen LogP contribution in [-0.4, -0.2) is 31.6 Å². The van der Waals surface area contributed by atoms with E-state index in [1.165, 1.54) is 0 Å². The minimum absolute atomic E-state index is 0.127. The van der Waals surface area contributed by atoms with Crippen molar-refractivity contribution in [1.82, 2.24) is 4.72 Å². The third-order valence-electron chi connectivity index (χ3n) is 2.87. The summed E-state index contributed by atoms with van der Waals surface area (Å²) in [7, 11) is -3.54. The highest BCUT2D eigenvalue weighted by Crippen LogP contribution is 2.21. The zero-order chi connectivity index (χ0) is 14.6. The van der Waals surface area contributed by atoms with E-state index in [1.807, 2.05) is 20.1 Å². The molecular formula is C13H21NO3S2. The van der Waals surface area contributed by atoms with Crippen molar-refractivity contribution in [2.75, 3.05) is 12.0 Å². The summed E-state index contributed by atoms with van der Waals surface area (Å²) in [5, 5.41) is 9.25. The normalized spacial score (nSPS) is 13.5. The number of hydrogen-bond donors (Lipinski definition) is 2. The molecule has 1 unspecified atom stereocenters. The minimum atomic E-state index is -3.54. The topological polar surface area (TPSA) is 66.4 Å². The average molecular weight is 303 g/mol. The molecule has 0 amide bonds. The molecule has 108 valence electrons. The monoisotopic (exact) mass is 303 g/mol. The fourth-order valence-electron chi connectivity index (χ4n) is 1.95. The van der Waals surface area contributed by atoms with Gasteiger partial charge >= 0.3 is 0 Å². The Labute approximate surface area is 119 Å². The lowest BCUT2D eigenvalue weighted by atomic mass is 10.1. The van der Waals surface area contributed by atoms with Crippen molar-refractivity contribution in [1.29, 1.82) is 0 Å². The summed E-state index contributed by atoms with van der Waals surface area (Å²) < 4.78 is 27.3. The molecule has 0 aromatic heterocycles. The Balaban J connectivity index is 3.14. The SMILES string of the molecule is CSCC(C)NS(=O)(=O)c1cc(CO)c(C)cc1C. The quantitative estimate of drug-likeness (QED) is 0.841. The van der Waals surface area contributed by atoms with Gasteiger partial charge in [-0.15, -0.1) is 0 Å². The fraction of sp³-hybridized carbons (Fsp3) is 0.538. The lowest BCUT2D eigenvalue weighted by Gasteiger charge is -2.16. The van der Waals surface area contributed by atoms with Gasteiger partial charge < -0.3 is 5.11 Å². The van der Waals surface area contributed by atoms with Crippen LogP contribution < -0.4 is 4.72 Å². The second kappa shape index (κ2) is 6.74. The number of nitrogens with one attached hydrogen (secondary N) is 1. The Hall–Kier alpha value is -0.560. The highest BCUT2D eigenvalue weighted by atomic mass is 32.2. The largest absolute Gasteiger partial charge is 0.392 e. The Morgan fingerprint density at radius 3 is 2.47 bits per heavy atom. The molecule has 2 N–H and O–H groups in total. The van der Waals surface area contributed by atoms with Crippen molar-refractivity contribution in [2.45, 2.75) is 38.3 Å². The number of aliphatic hydroxyl groups excluding tert-OH is 1. The molecule has 6 heteroatoms. The molecule has 0 heterocycles. The van der Waals surface area contributed by atoms with Crippen LogP contribution in [-0.2, 0) is 16.6 Å². The molecule has 0 radical (unpaired) electrons. The third-order valence-corrected chi connectivity index (χ3v) is 5.43. The molecular weight excluding hydrogens is 282 g/mol. The van der Waals surface area contributed by atoms with Gasteiger partial charge in [-0.2, -0.15) is 11.8 Å². The van der Waals surface area contributed by atoms with Crippen LogP contribution in [0.3, 0.4) is 0 Å². The van der Waals surface area contributed by atoms with Crippen LogP contribution in [0.2, 0.25) is 0 Å². The van der Waals surface area contributed by atoms with Gasteiger partial charge in [0.25, 0.3) is 0 Å². The van der Waals surface area contributed by atoms with Crippen LogP contribution in [0.5, 0.6) is 0 Å². The number of benzene rings is 1. The van der Waals surface area contributed by atoms with Gasteiger partial charge in [0.05, 0.1) is 11.5 Å². The van der Waals surface area contributed by atoms with Crippen molar-refractivity contribution < 1.29 is 13.5 Å². The van der Waals surface area contributed by atoms with E-state index in [0.717, 1.165) is 11.3 Å². The van der Waals surface area contributed by atoms with E-state index < -0.39 is 10.0 Å². The maximum absolute atomic E-state index is 12.3. The standard InChI is InChI=1S/C13H21NO3S2/c1-9-5-10(2)13(6-12(9)7-15)19(16,17)14-11(3)8-18-4/h5-6,11,14-15H,7-8H2,1-4H3. The van der Waals surface area contributed by atoms with E-state index in [0.29, 0.717) is 11.1 Å². The molecule has 0 saturated carbocycles. The van der Waals surface area contributed by atoms with Gasteiger partial charge in [-0.05, 0) is 49.8 Å². The van der Waals surface area contributed by atoms with Crippen LogP contribution in [0.15, 0.2) is 17.0 Å². The Bertz CT molecular complexity index is 541. The van der Waals surface area contributed by atoms with E-state index in [1.54, 1.807) is 30.8 Å². The van der Waals surface area contributed by atoms with E-state index in [-0.39, 0.29) is 17.5 Å². The molecule has 0 saturated heterocycles. The first kappa shape index (κ1) is 16.5. The molecule has 1 aromatic carbocycles. The van der Waals surface area contributed by atoms with Crippen molar-refractivity contribution >= 4 is 21.8 Å². The van der Waals surface area contributed by atoms with E-state index in [2.05, 4.69) is 4.72 Å². The van der Waals surface area contributed by atoms with Gasteiger partial charge in [0.1, 0.15) is 0 Å². The molecule has 0 fully saturated rings. The number of thioether (sulfide) groups is 1. The first-order valence-corrected chi connectivity index (χ1v) is 8.91. The molecule has 19 heavy (non-hydrogen) atoms. The Kier molecular flexibility index (Phi) is 5.85. The minimum Gasteiger partial charge on any atom is -0.392 e. The van der Waals surface area contributed by atoms with Gasteiger partial charge in [-0.3, -0.25) is 0 Å². The maximum Gasteiger partial charge on any atom is 0.241 e. The summed E-state index contributed by atoms with van der Waals surface area (Å²) in [6.07, 6.45) is 1.94. The number of rotatable bonds is 6. The molecule has 1 atom stereocenters. The van der Waals surface area contributed by atoms with E-state index in [9.17, 15) is 13.5 Å². The van der Waals surface area contributed by atoms with Crippen molar-refractivity contribution in [3.8, 4) is 0 Å². The van der Waals surface area contributed by atoms with Crippen LogP contribution in [0.4, 0.5) is 0 Å². The summed E-state index contributed by atoms with van der Waals surface area (Å²) in [6, 6.07) is 3.22. The average Bonchev–Trinajstić information content (AvgIpc) is 2.28. The lowest BCUT2D eigenvalue weighted by Crippen LogP contribution is -2.34. The summed E-state index contributed by atoms with van der Waals surface area (Å²) in [4.78, 5) is 0.245. The first-order chi connectivity index (χ1) is 8.81. The number of aryl methyl sites for hydroxylation is 2. The smallest absolute Gasteiger partial charge is 0.241 e. The molecule has 0 spiro atoms. The molecule has 0 aliphatic rings. The highest BCUT2D eigenvalue weighted by Gasteiger charge is 2.20. The van der Waals surface area contributed by atoms with Crippen molar-refractivity contribution in [3.63, 3.8) is 0 Å². The summed E-state index contributed by atoms with van der Waals surface area (Å²) >= 11 is 1.59. The Morgan fingerprint density at radius 1 is 1.32 bits per heavy atom. The van der Waals surface area contributed by atoms with E-state index in [4.69, 9.17) is 0 Å². The number of hydrogen-bond acceptors (Lipinski definition) is 4. The van der Waals surface area contributed by atoms with Gasteiger partial charge in [-0.25, -0.2) is 13.1 Å². The second-order valence-corrected chi connectivity index (χ2v) is 7.27. The molecule has 0 aliphatic heterocycles. The Morgan fingerprint density at radius 2 is 1.95 bits per heavy atom. The molecule has 0 bridgehead atoms. The lowest BCUT2D eigenvalue weighted by molar-refractivity contribution is 0.280. The predicted octanol–water partition coefficient (Wildman–Crippen LogP) is 1.83. The van der Waals surface area contributed by atoms with Crippen LogP contribution in [0.25, 0.3) is 0 Å². The molecule has 1 aromatic rings. The zero-order valence-electron chi connectivity index (χ0n) is 11.7. The summed E-state index contributed by atoms with van der Waals surface area (Å²) in [5.74, 6) is 0.719. The van der Waals surface area contributed by atoms with E-state index >= 15 is 0 Å². The van der Waals surface area contributed by atoms with Crippen LogP contribution in [0, 0.1) is 13.8 Å². The summed E-state index contributed by atoms with van der Waals surface area (Å²) in [6.45, 7) is 5.31. The third kappa shape index (κ3) is 4.21. The maximum atomic E-state index is 12.3. The molecule has 4 nitrogen and oxygen atoms in total. The van der Waals surface area contributed by atoms with Crippen LogP contribution >= 0.6 is 11.8 Å². The zero-order valence-corrected chi connectivity index (χ0v) is 13.4. The highest BCUT2D eigenvalue weighted by molar-refractivity contribution is 7.98. The number of aliphatic hydroxyl groups is 1. The number of sulfonamides is 1. The van der Waals surface area contributed by atoms with Gasteiger partial charge in [0, 0.05) is 11.8 Å². The second-order valence-electron chi connectivity index (χ2n) is 4.68. The fourth-order valence-corrected chi connectivity index (χ4v) is 4.16. The first-order valence-electron chi connectivity index (χ1n) is 6.04. The van der Waals surface area contributed by atoms with Gasteiger partial charge in [-0.1, -0.05) is 6.07 Å².